The van der Waals surface area contributed by atoms with Crippen molar-refractivity contribution in [2.75, 3.05) is 27.3 Å². The molecule has 1 aromatic rings. The van der Waals surface area contributed by atoms with E-state index in [1.807, 2.05) is 18.2 Å². The van der Waals surface area contributed by atoms with E-state index in [1.165, 1.54) is 4.90 Å². The SMILES string of the molecule is COc1ccc(Br)cc1CC(=O)N(C)CCO. The summed E-state index contributed by atoms with van der Waals surface area (Å²) in [5.74, 6) is 0.648. The molecule has 0 unspecified atom stereocenters. The maximum atomic E-state index is 11.8. The molecule has 5 heteroatoms. The first kappa shape index (κ1) is 14.0. The van der Waals surface area contributed by atoms with Crippen LogP contribution < -0.4 is 4.74 Å². The molecule has 94 valence electrons. The number of ether oxygens (including phenoxy) is 1. The monoisotopic (exact) mass is 301 g/mol. The van der Waals surface area contributed by atoms with Gasteiger partial charge in [0.15, 0.2) is 0 Å². The van der Waals surface area contributed by atoms with Crippen LogP contribution in [0.3, 0.4) is 0 Å². The normalized spacial score (nSPS) is 10.1. The van der Waals surface area contributed by atoms with E-state index in [9.17, 15) is 4.79 Å². The summed E-state index contributed by atoms with van der Waals surface area (Å²) < 4.78 is 6.11. The number of likely N-dealkylation sites (N-methyl/N-ethyl adjacent to an activating group) is 1. The lowest BCUT2D eigenvalue weighted by atomic mass is 10.1. The summed E-state index contributed by atoms with van der Waals surface area (Å²) in [5.41, 5.74) is 0.830. The zero-order chi connectivity index (χ0) is 12.8. The first-order valence-corrected chi connectivity index (χ1v) is 6.05. The molecule has 0 saturated carbocycles. The second-order valence-corrected chi connectivity index (χ2v) is 4.59. The number of rotatable bonds is 5. The Labute approximate surface area is 109 Å². The van der Waals surface area contributed by atoms with Gasteiger partial charge in [-0.25, -0.2) is 0 Å². The first-order chi connectivity index (χ1) is 8.08. The smallest absolute Gasteiger partial charge is 0.226 e. The molecule has 1 aromatic carbocycles. The van der Waals surface area contributed by atoms with Gasteiger partial charge < -0.3 is 14.7 Å². The van der Waals surface area contributed by atoms with Gasteiger partial charge in [-0.2, -0.15) is 0 Å². The Kier molecular flexibility index (Phi) is 5.44. The molecule has 0 heterocycles. The van der Waals surface area contributed by atoms with Crippen molar-refractivity contribution < 1.29 is 14.6 Å². The zero-order valence-corrected chi connectivity index (χ0v) is 11.5. The van der Waals surface area contributed by atoms with Crippen molar-refractivity contribution >= 4 is 21.8 Å². The minimum Gasteiger partial charge on any atom is -0.496 e. The third kappa shape index (κ3) is 4.02. The molecule has 0 aliphatic carbocycles. The average molecular weight is 302 g/mol. The number of hydrogen-bond donors (Lipinski definition) is 1. The molecular weight excluding hydrogens is 286 g/mol. The Morgan fingerprint density at radius 1 is 1.53 bits per heavy atom. The standard InChI is InChI=1S/C12H16BrNO3/c1-14(5-6-15)12(16)8-9-7-10(13)3-4-11(9)17-2/h3-4,7,15H,5-6,8H2,1-2H3. The van der Waals surface area contributed by atoms with Crippen LogP contribution in [0.1, 0.15) is 5.56 Å². The fraction of sp³-hybridized carbons (Fsp3) is 0.417. The molecule has 0 saturated heterocycles. The van der Waals surface area contributed by atoms with E-state index in [2.05, 4.69) is 15.9 Å². The van der Waals surface area contributed by atoms with Gasteiger partial charge in [-0.3, -0.25) is 4.79 Å². The summed E-state index contributed by atoms with van der Waals surface area (Å²) in [6.45, 7) is 0.313. The Morgan fingerprint density at radius 2 is 2.24 bits per heavy atom. The van der Waals surface area contributed by atoms with Crippen LogP contribution in [-0.4, -0.2) is 43.2 Å². The van der Waals surface area contributed by atoms with E-state index in [0.717, 1.165) is 10.0 Å². The Balaban J connectivity index is 2.79. The average Bonchev–Trinajstić information content (AvgIpc) is 2.29. The van der Waals surface area contributed by atoms with E-state index in [1.54, 1.807) is 14.2 Å². The molecule has 0 fully saturated rings. The van der Waals surface area contributed by atoms with Crippen LogP contribution in [-0.2, 0) is 11.2 Å². The third-order valence-electron chi connectivity index (χ3n) is 2.45. The van der Waals surface area contributed by atoms with E-state index >= 15 is 0 Å². The summed E-state index contributed by atoms with van der Waals surface area (Å²) >= 11 is 3.36. The van der Waals surface area contributed by atoms with Gasteiger partial charge in [0.1, 0.15) is 5.75 Å². The van der Waals surface area contributed by atoms with Crippen LogP contribution >= 0.6 is 15.9 Å². The van der Waals surface area contributed by atoms with Crippen LogP contribution in [0.25, 0.3) is 0 Å². The van der Waals surface area contributed by atoms with Crippen molar-refractivity contribution in [1.29, 1.82) is 0 Å². The Morgan fingerprint density at radius 3 is 2.82 bits per heavy atom. The van der Waals surface area contributed by atoms with Crippen molar-refractivity contribution in [1.82, 2.24) is 4.90 Å². The Bertz CT molecular complexity index is 395. The number of methoxy groups -OCH3 is 1. The van der Waals surface area contributed by atoms with Crippen molar-refractivity contribution in [3.63, 3.8) is 0 Å². The number of amides is 1. The van der Waals surface area contributed by atoms with Gasteiger partial charge in [0, 0.05) is 23.6 Å². The molecule has 0 aromatic heterocycles. The molecule has 1 N–H and O–H groups in total. The predicted octanol–water partition coefficient (Wildman–Crippen LogP) is 1.45. The number of nitrogens with zero attached hydrogens (tertiary/aromatic N) is 1. The fourth-order valence-electron chi connectivity index (χ4n) is 1.46. The number of aliphatic hydroxyl groups is 1. The van der Waals surface area contributed by atoms with Crippen LogP contribution in [0.5, 0.6) is 5.75 Å². The predicted molar refractivity (Wildman–Crippen MR) is 69.1 cm³/mol. The number of aliphatic hydroxyl groups excluding tert-OH is 1. The van der Waals surface area contributed by atoms with Gasteiger partial charge in [-0.15, -0.1) is 0 Å². The lowest BCUT2D eigenvalue weighted by molar-refractivity contribution is -0.129. The number of carbonyl (C=O) groups excluding carboxylic acids is 1. The quantitative estimate of drug-likeness (QED) is 0.895. The molecular formula is C12H16BrNO3. The highest BCUT2D eigenvalue weighted by atomic mass is 79.9. The van der Waals surface area contributed by atoms with Crippen molar-refractivity contribution in [2.24, 2.45) is 0 Å². The minimum absolute atomic E-state index is 0.0299. The topological polar surface area (TPSA) is 49.8 Å². The van der Waals surface area contributed by atoms with Gasteiger partial charge in [-0.05, 0) is 18.2 Å². The number of halogens is 1. The van der Waals surface area contributed by atoms with Crippen LogP contribution in [0.4, 0.5) is 0 Å². The molecule has 4 nitrogen and oxygen atoms in total. The fourth-order valence-corrected chi connectivity index (χ4v) is 1.87. The van der Waals surface area contributed by atoms with Gasteiger partial charge in [0.05, 0.1) is 20.1 Å². The summed E-state index contributed by atoms with van der Waals surface area (Å²) in [5, 5.41) is 8.77. The summed E-state index contributed by atoms with van der Waals surface area (Å²) in [7, 11) is 3.25. The van der Waals surface area contributed by atoms with Crippen LogP contribution in [0.15, 0.2) is 22.7 Å². The van der Waals surface area contributed by atoms with Crippen molar-refractivity contribution in [3.8, 4) is 5.75 Å². The molecule has 0 aliphatic heterocycles. The molecule has 1 amide bonds. The van der Waals surface area contributed by atoms with E-state index in [0.29, 0.717) is 12.3 Å². The zero-order valence-electron chi connectivity index (χ0n) is 9.94. The first-order valence-electron chi connectivity index (χ1n) is 5.25. The number of carbonyl (C=O) groups is 1. The van der Waals surface area contributed by atoms with Gasteiger partial charge in [0.2, 0.25) is 5.91 Å². The highest BCUT2D eigenvalue weighted by molar-refractivity contribution is 9.10. The third-order valence-corrected chi connectivity index (χ3v) is 2.94. The van der Waals surface area contributed by atoms with Gasteiger partial charge in [-0.1, -0.05) is 15.9 Å². The van der Waals surface area contributed by atoms with E-state index in [4.69, 9.17) is 9.84 Å². The molecule has 0 bridgehead atoms. The number of benzene rings is 1. The highest BCUT2D eigenvalue weighted by Gasteiger charge is 2.12. The minimum atomic E-state index is -0.0459. The molecule has 1 rings (SSSR count). The van der Waals surface area contributed by atoms with E-state index < -0.39 is 0 Å². The maximum absolute atomic E-state index is 11.8. The summed E-state index contributed by atoms with van der Waals surface area (Å²) in [6.07, 6.45) is 0.263. The summed E-state index contributed by atoms with van der Waals surface area (Å²) in [4.78, 5) is 13.3. The summed E-state index contributed by atoms with van der Waals surface area (Å²) in [6, 6.07) is 5.55. The molecule has 0 atom stereocenters. The maximum Gasteiger partial charge on any atom is 0.226 e. The van der Waals surface area contributed by atoms with Gasteiger partial charge >= 0.3 is 0 Å². The number of hydrogen-bond acceptors (Lipinski definition) is 3. The van der Waals surface area contributed by atoms with Crippen molar-refractivity contribution in [2.45, 2.75) is 6.42 Å². The lowest BCUT2D eigenvalue weighted by Gasteiger charge is -2.16. The second kappa shape index (κ2) is 6.61. The lowest BCUT2D eigenvalue weighted by Crippen LogP contribution is -2.30. The molecule has 17 heavy (non-hydrogen) atoms. The van der Waals surface area contributed by atoms with Crippen molar-refractivity contribution in [3.05, 3.63) is 28.2 Å². The van der Waals surface area contributed by atoms with Crippen LogP contribution in [0, 0.1) is 0 Å². The van der Waals surface area contributed by atoms with Crippen LogP contribution in [0.2, 0.25) is 0 Å². The second-order valence-electron chi connectivity index (χ2n) is 3.67. The highest BCUT2D eigenvalue weighted by Crippen LogP contribution is 2.23. The largest absolute Gasteiger partial charge is 0.496 e. The van der Waals surface area contributed by atoms with E-state index in [-0.39, 0.29) is 18.9 Å². The van der Waals surface area contributed by atoms with Gasteiger partial charge in [0.25, 0.3) is 0 Å². The molecule has 0 aliphatic rings. The molecule has 0 spiro atoms. The Hall–Kier alpha value is -1.07. The molecule has 0 radical (unpaired) electrons.